The Morgan fingerprint density at radius 3 is 2.70 bits per heavy atom. The molecule has 0 heterocycles. The SMILES string of the molecule is C=CN(CC)OC(C)SC. The largest absolute Gasteiger partial charge is 0.261 e. The Balaban J connectivity index is 3.51. The molecule has 2 nitrogen and oxygen atoms in total. The lowest BCUT2D eigenvalue weighted by Crippen LogP contribution is -2.21. The van der Waals surface area contributed by atoms with E-state index >= 15 is 0 Å². The van der Waals surface area contributed by atoms with Crippen LogP contribution in [0.2, 0.25) is 0 Å². The van der Waals surface area contributed by atoms with E-state index in [2.05, 4.69) is 6.58 Å². The smallest absolute Gasteiger partial charge is 0.128 e. The molecule has 0 aromatic carbocycles. The van der Waals surface area contributed by atoms with Crippen molar-refractivity contribution < 1.29 is 4.84 Å². The molecule has 0 aliphatic rings. The molecule has 60 valence electrons. The van der Waals surface area contributed by atoms with Crippen LogP contribution in [0.4, 0.5) is 0 Å². The fraction of sp³-hybridized carbons (Fsp3) is 0.714. The van der Waals surface area contributed by atoms with Gasteiger partial charge >= 0.3 is 0 Å². The van der Waals surface area contributed by atoms with Gasteiger partial charge in [-0.1, -0.05) is 6.58 Å². The third kappa shape index (κ3) is 3.80. The van der Waals surface area contributed by atoms with Gasteiger partial charge in [0.25, 0.3) is 0 Å². The van der Waals surface area contributed by atoms with E-state index in [0.29, 0.717) is 0 Å². The summed E-state index contributed by atoms with van der Waals surface area (Å²) in [5.41, 5.74) is 0.206. The van der Waals surface area contributed by atoms with E-state index < -0.39 is 0 Å². The van der Waals surface area contributed by atoms with Crippen LogP contribution in [0.5, 0.6) is 0 Å². The van der Waals surface area contributed by atoms with Crippen LogP contribution < -0.4 is 0 Å². The van der Waals surface area contributed by atoms with Gasteiger partial charge in [0.1, 0.15) is 5.44 Å². The zero-order chi connectivity index (χ0) is 7.98. The lowest BCUT2D eigenvalue weighted by molar-refractivity contribution is -0.124. The molecule has 0 bridgehead atoms. The van der Waals surface area contributed by atoms with Gasteiger partial charge < -0.3 is 0 Å². The molecule has 1 unspecified atom stereocenters. The molecular weight excluding hydrogens is 146 g/mol. The molecule has 3 heteroatoms. The lowest BCUT2D eigenvalue weighted by atomic mass is 10.7. The maximum Gasteiger partial charge on any atom is 0.128 e. The normalized spacial score (nSPS) is 12.7. The molecule has 0 rings (SSSR count). The second-order valence-corrected chi connectivity index (χ2v) is 2.96. The van der Waals surface area contributed by atoms with Crippen molar-refractivity contribution in [2.45, 2.75) is 19.3 Å². The van der Waals surface area contributed by atoms with Gasteiger partial charge in [0.2, 0.25) is 0 Å². The summed E-state index contributed by atoms with van der Waals surface area (Å²) < 4.78 is 0. The predicted octanol–water partition coefficient (Wildman–Crippen LogP) is 2.09. The maximum atomic E-state index is 5.38. The van der Waals surface area contributed by atoms with Crippen molar-refractivity contribution in [3.8, 4) is 0 Å². The van der Waals surface area contributed by atoms with E-state index in [0.717, 1.165) is 6.54 Å². The summed E-state index contributed by atoms with van der Waals surface area (Å²) in [6, 6.07) is 0. The summed E-state index contributed by atoms with van der Waals surface area (Å²) in [6.45, 7) is 8.49. The number of hydrogen-bond acceptors (Lipinski definition) is 3. The molecule has 10 heavy (non-hydrogen) atoms. The van der Waals surface area contributed by atoms with Crippen molar-refractivity contribution in [1.29, 1.82) is 0 Å². The van der Waals surface area contributed by atoms with Crippen molar-refractivity contribution in [2.24, 2.45) is 0 Å². The van der Waals surface area contributed by atoms with Gasteiger partial charge in [-0.25, -0.2) is 0 Å². The first kappa shape index (κ1) is 9.85. The van der Waals surface area contributed by atoms with Gasteiger partial charge in [-0.2, -0.15) is 0 Å². The van der Waals surface area contributed by atoms with E-state index in [1.165, 1.54) is 0 Å². The van der Waals surface area contributed by atoms with E-state index in [9.17, 15) is 0 Å². The summed E-state index contributed by atoms with van der Waals surface area (Å²) in [7, 11) is 0. The topological polar surface area (TPSA) is 12.5 Å². The van der Waals surface area contributed by atoms with Crippen LogP contribution in [-0.4, -0.2) is 23.3 Å². The van der Waals surface area contributed by atoms with Crippen molar-refractivity contribution in [3.05, 3.63) is 12.8 Å². The minimum atomic E-state index is 0.206. The molecule has 0 aromatic heterocycles. The molecule has 0 fully saturated rings. The molecule has 0 saturated heterocycles. The fourth-order valence-corrected chi connectivity index (χ4v) is 0.677. The average molecular weight is 161 g/mol. The third-order valence-electron chi connectivity index (χ3n) is 1.13. The summed E-state index contributed by atoms with van der Waals surface area (Å²) in [5, 5.41) is 1.72. The highest BCUT2D eigenvalue weighted by Gasteiger charge is 2.01. The first-order valence-corrected chi connectivity index (χ1v) is 4.62. The van der Waals surface area contributed by atoms with Crippen molar-refractivity contribution in [1.82, 2.24) is 5.06 Å². The monoisotopic (exact) mass is 161 g/mol. The van der Waals surface area contributed by atoms with Gasteiger partial charge in [-0.05, 0) is 20.1 Å². The number of hydroxylamine groups is 2. The highest BCUT2D eigenvalue weighted by atomic mass is 32.2. The van der Waals surface area contributed by atoms with Gasteiger partial charge in [-0.15, -0.1) is 11.8 Å². The van der Waals surface area contributed by atoms with Crippen molar-refractivity contribution in [2.75, 3.05) is 12.8 Å². The number of hydrogen-bond donors (Lipinski definition) is 0. The predicted molar refractivity (Wildman–Crippen MR) is 46.6 cm³/mol. The molecule has 0 aliphatic carbocycles. The zero-order valence-electron chi connectivity index (χ0n) is 6.83. The number of nitrogens with zero attached hydrogens (tertiary/aromatic N) is 1. The molecule has 1 atom stereocenters. The molecular formula is C7H15NOS. The van der Waals surface area contributed by atoms with Crippen LogP contribution in [0, 0.1) is 0 Å². The van der Waals surface area contributed by atoms with Crippen molar-refractivity contribution >= 4 is 11.8 Å². The average Bonchev–Trinajstić information content (AvgIpc) is 1.99. The van der Waals surface area contributed by atoms with Gasteiger partial charge in [-0.3, -0.25) is 9.90 Å². The first-order chi connectivity index (χ1) is 4.74. The molecule has 0 aliphatic heterocycles. The van der Waals surface area contributed by atoms with Crippen LogP contribution in [0.3, 0.4) is 0 Å². The Labute approximate surface area is 67.2 Å². The Bertz CT molecular complexity index is 97.6. The van der Waals surface area contributed by atoms with Gasteiger partial charge in [0, 0.05) is 12.7 Å². The fourth-order valence-electron chi connectivity index (χ4n) is 0.480. The summed E-state index contributed by atoms with van der Waals surface area (Å²) >= 11 is 1.67. The van der Waals surface area contributed by atoms with Crippen LogP contribution in [0.25, 0.3) is 0 Å². The highest BCUT2D eigenvalue weighted by molar-refractivity contribution is 7.99. The maximum absolute atomic E-state index is 5.38. The summed E-state index contributed by atoms with van der Waals surface area (Å²) in [5.74, 6) is 0. The van der Waals surface area contributed by atoms with E-state index in [-0.39, 0.29) is 5.44 Å². The molecule has 0 aromatic rings. The van der Waals surface area contributed by atoms with E-state index in [1.54, 1.807) is 23.0 Å². The Morgan fingerprint density at radius 1 is 1.80 bits per heavy atom. The zero-order valence-corrected chi connectivity index (χ0v) is 7.65. The van der Waals surface area contributed by atoms with Gasteiger partial charge in [0.15, 0.2) is 0 Å². The highest BCUT2D eigenvalue weighted by Crippen LogP contribution is 2.08. The minimum Gasteiger partial charge on any atom is -0.261 e. The van der Waals surface area contributed by atoms with Crippen LogP contribution >= 0.6 is 11.8 Å². The molecule has 0 amide bonds. The Hall–Kier alpha value is -0.150. The summed E-state index contributed by atoms with van der Waals surface area (Å²) in [6.07, 6.45) is 3.70. The standard InChI is InChI=1S/C7H15NOS/c1-5-8(6-2)9-7(3)10-4/h5,7H,1,6H2,2-4H3. The van der Waals surface area contributed by atoms with Crippen LogP contribution in [0.1, 0.15) is 13.8 Å². The molecule has 0 spiro atoms. The molecule has 0 saturated carbocycles. The first-order valence-electron chi connectivity index (χ1n) is 3.33. The second kappa shape index (κ2) is 5.62. The second-order valence-electron chi connectivity index (χ2n) is 1.82. The quantitative estimate of drug-likeness (QED) is 0.452. The molecule has 0 radical (unpaired) electrons. The molecule has 0 N–H and O–H groups in total. The Morgan fingerprint density at radius 2 is 2.40 bits per heavy atom. The minimum absolute atomic E-state index is 0.206. The van der Waals surface area contributed by atoms with Crippen LogP contribution in [0.15, 0.2) is 12.8 Å². The number of rotatable bonds is 5. The Kier molecular flexibility index (Phi) is 5.54. The van der Waals surface area contributed by atoms with E-state index in [4.69, 9.17) is 4.84 Å². The van der Waals surface area contributed by atoms with E-state index in [1.807, 2.05) is 20.1 Å². The lowest BCUT2D eigenvalue weighted by Gasteiger charge is -2.20. The third-order valence-corrected chi connectivity index (χ3v) is 1.88. The number of thioether (sulfide) groups is 1. The van der Waals surface area contributed by atoms with Gasteiger partial charge in [0.05, 0.1) is 0 Å². The van der Waals surface area contributed by atoms with Crippen molar-refractivity contribution in [3.63, 3.8) is 0 Å². The van der Waals surface area contributed by atoms with Crippen LogP contribution in [-0.2, 0) is 4.84 Å². The summed E-state index contributed by atoms with van der Waals surface area (Å²) in [4.78, 5) is 5.38.